The summed E-state index contributed by atoms with van der Waals surface area (Å²) in [5, 5.41) is 9.72. The van der Waals surface area contributed by atoms with Crippen LogP contribution in [0.2, 0.25) is 0 Å². The van der Waals surface area contributed by atoms with Crippen molar-refractivity contribution in [3.05, 3.63) is 146 Å². The van der Waals surface area contributed by atoms with E-state index in [4.69, 9.17) is 18.9 Å². The van der Waals surface area contributed by atoms with E-state index in [1.54, 1.807) is 0 Å². The second-order valence-electron chi connectivity index (χ2n) is 22.0. The molecule has 0 bridgehead atoms. The minimum Gasteiger partial charge on any atom is -0.477 e. The van der Waals surface area contributed by atoms with Gasteiger partial charge in [-0.25, -0.2) is 4.79 Å². The zero-order valence-electron chi connectivity index (χ0n) is 52.1. The second-order valence-corrected chi connectivity index (χ2v) is 22.0. The largest absolute Gasteiger partial charge is 0.477 e. The zero-order valence-corrected chi connectivity index (χ0v) is 52.1. The maximum Gasteiger partial charge on any atom is 0.361 e. The monoisotopic (exact) mass is 1120 g/mol. The van der Waals surface area contributed by atoms with Crippen molar-refractivity contribution in [2.45, 2.75) is 245 Å². The molecule has 0 fully saturated rings. The van der Waals surface area contributed by atoms with E-state index in [0.29, 0.717) is 17.4 Å². The third kappa shape index (κ3) is 62.6. The predicted molar refractivity (Wildman–Crippen MR) is 345 cm³/mol. The maximum atomic E-state index is 12.9. The molecular formula is C72H118NO8+. The van der Waals surface area contributed by atoms with Gasteiger partial charge in [-0.05, 0) is 116 Å². The minimum atomic E-state index is -1.52. The van der Waals surface area contributed by atoms with Crippen molar-refractivity contribution in [3.8, 4) is 0 Å². The first-order valence-electron chi connectivity index (χ1n) is 32.0. The molecule has 9 nitrogen and oxygen atoms in total. The molecule has 2 atom stereocenters. The Morgan fingerprint density at radius 2 is 0.667 bits per heavy atom. The lowest BCUT2D eigenvalue weighted by Gasteiger charge is -2.25. The summed E-state index contributed by atoms with van der Waals surface area (Å²) < 4.78 is 22.9. The van der Waals surface area contributed by atoms with E-state index in [1.807, 2.05) is 21.1 Å². The number of hydrogen-bond acceptors (Lipinski definition) is 7. The molecule has 0 aromatic heterocycles. The van der Waals surface area contributed by atoms with E-state index < -0.39 is 24.3 Å². The smallest absolute Gasteiger partial charge is 0.361 e. The summed E-state index contributed by atoms with van der Waals surface area (Å²) in [5.41, 5.74) is 0. The minimum absolute atomic E-state index is 0.178. The zero-order chi connectivity index (χ0) is 59.1. The van der Waals surface area contributed by atoms with E-state index in [1.165, 1.54) is 64.2 Å². The maximum absolute atomic E-state index is 12.9. The van der Waals surface area contributed by atoms with E-state index >= 15 is 0 Å². The van der Waals surface area contributed by atoms with Gasteiger partial charge >= 0.3 is 17.9 Å². The Hall–Kier alpha value is -4.83. The van der Waals surface area contributed by atoms with Crippen LogP contribution >= 0.6 is 0 Å². The summed E-state index contributed by atoms with van der Waals surface area (Å²) >= 11 is 0. The van der Waals surface area contributed by atoms with Crippen LogP contribution in [0, 0.1) is 0 Å². The Balaban J connectivity index is 4.18. The highest BCUT2D eigenvalue weighted by Crippen LogP contribution is 2.15. The number of carboxylic acid groups (broad SMARTS) is 1. The average molecular weight is 1130 g/mol. The van der Waals surface area contributed by atoms with E-state index in [-0.39, 0.29) is 38.6 Å². The number of esters is 2. The van der Waals surface area contributed by atoms with Crippen LogP contribution in [0.1, 0.15) is 232 Å². The fourth-order valence-corrected chi connectivity index (χ4v) is 8.26. The molecule has 1 N–H and O–H groups in total. The van der Waals surface area contributed by atoms with Crippen LogP contribution in [0.4, 0.5) is 0 Å². The number of carboxylic acids is 1. The van der Waals surface area contributed by atoms with Crippen molar-refractivity contribution < 1.29 is 42.9 Å². The molecule has 0 aliphatic heterocycles. The molecule has 0 radical (unpaired) electrons. The molecule has 0 aromatic rings. The molecule has 0 saturated heterocycles. The highest BCUT2D eigenvalue weighted by atomic mass is 16.7. The molecule has 0 aliphatic carbocycles. The van der Waals surface area contributed by atoms with Gasteiger partial charge in [-0.1, -0.05) is 250 Å². The van der Waals surface area contributed by atoms with Gasteiger partial charge < -0.3 is 28.5 Å². The average Bonchev–Trinajstić information content (AvgIpc) is 3.44. The summed E-state index contributed by atoms with van der Waals surface area (Å²) in [7, 11) is 5.96. The number of carbonyl (C=O) groups excluding carboxylic acids is 2. The van der Waals surface area contributed by atoms with Crippen molar-refractivity contribution in [1.29, 1.82) is 0 Å². The van der Waals surface area contributed by atoms with Crippen molar-refractivity contribution in [2.75, 3.05) is 47.5 Å². The summed E-state index contributed by atoms with van der Waals surface area (Å²) in [6.07, 6.45) is 86.5. The molecule has 0 spiro atoms. The number of carbonyl (C=O) groups is 3. The van der Waals surface area contributed by atoms with Gasteiger partial charge in [0.25, 0.3) is 6.29 Å². The van der Waals surface area contributed by atoms with Gasteiger partial charge in [-0.15, -0.1) is 0 Å². The standard InChI is InChI=1S/C72H117NO8/c1-6-8-10-12-14-16-18-20-22-24-26-27-28-29-30-31-32-33-34-35-36-37-38-39-40-41-42-43-45-47-49-51-53-55-57-59-61-63-70(75)81-68(67-80-72(71(76)77)78-65-64-73(3,4)5)66-79-69(74)62-60-58-56-54-52-50-48-46-44-25-23-21-19-17-15-13-11-9-7-2/h8-11,14-17,20-23,26-27,29-30,32-33,35-36,38-39,44,46,68,72H,6-7,12-13,18-19,24-25,28,31,34,37,40-43,45,47-67H2,1-5H3/p+1/b10-8-,11-9-,16-14-,17-15-,22-20-,23-21-,27-26-,30-29-,33-32-,36-35-,39-38-,46-44-. The molecule has 2 unspecified atom stereocenters. The number of nitrogens with zero attached hydrogens (tertiary/aromatic N) is 1. The highest BCUT2D eigenvalue weighted by Gasteiger charge is 2.25. The molecule has 81 heavy (non-hydrogen) atoms. The molecule has 0 saturated carbocycles. The number of unbranched alkanes of at least 4 members (excludes halogenated alkanes) is 18. The third-order valence-corrected chi connectivity index (χ3v) is 13.1. The molecule has 0 aliphatic rings. The molecule has 0 aromatic carbocycles. The normalized spacial score (nSPS) is 13.7. The van der Waals surface area contributed by atoms with Crippen LogP contribution < -0.4 is 0 Å². The SMILES string of the molecule is CC/C=C\C/C=C\C/C=C\C/C=C\C/C=C\C/C=C\C/C=C\C/C=C\CCCCCCCCCCCCCCC(=O)OC(COC(=O)CCCCCCCC/C=C\C/C=C\C/C=C\C/C=C\CC)COC(OCC[N+](C)(C)C)C(=O)O. The van der Waals surface area contributed by atoms with Gasteiger partial charge in [-0.2, -0.15) is 0 Å². The number of ether oxygens (including phenoxy) is 4. The van der Waals surface area contributed by atoms with Crippen LogP contribution in [0.5, 0.6) is 0 Å². The summed E-state index contributed by atoms with van der Waals surface area (Å²) in [6, 6.07) is 0. The van der Waals surface area contributed by atoms with Gasteiger partial charge in [0.05, 0.1) is 34.4 Å². The molecular weight excluding hydrogens is 1010 g/mol. The molecule has 9 heteroatoms. The van der Waals surface area contributed by atoms with Crippen molar-refractivity contribution in [1.82, 2.24) is 0 Å². The lowest BCUT2D eigenvalue weighted by atomic mass is 10.0. The molecule has 0 amide bonds. The lowest BCUT2D eigenvalue weighted by Crippen LogP contribution is -2.40. The topological polar surface area (TPSA) is 108 Å². The summed E-state index contributed by atoms with van der Waals surface area (Å²) in [4.78, 5) is 37.5. The Bertz CT molecular complexity index is 1840. The molecule has 0 heterocycles. The van der Waals surface area contributed by atoms with Gasteiger partial charge in [-0.3, -0.25) is 9.59 Å². The van der Waals surface area contributed by atoms with Crippen LogP contribution in [0.15, 0.2) is 146 Å². The van der Waals surface area contributed by atoms with Crippen LogP contribution in [-0.2, 0) is 33.3 Å². The van der Waals surface area contributed by atoms with Gasteiger partial charge in [0.1, 0.15) is 13.2 Å². The molecule has 0 rings (SSSR count). The van der Waals surface area contributed by atoms with Crippen LogP contribution in [-0.4, -0.2) is 87.4 Å². The van der Waals surface area contributed by atoms with Crippen molar-refractivity contribution >= 4 is 17.9 Å². The van der Waals surface area contributed by atoms with Gasteiger partial charge in [0.15, 0.2) is 6.10 Å². The summed E-state index contributed by atoms with van der Waals surface area (Å²) in [5.74, 6) is -2.04. The van der Waals surface area contributed by atoms with Gasteiger partial charge in [0.2, 0.25) is 0 Å². The highest BCUT2D eigenvalue weighted by molar-refractivity contribution is 5.71. The van der Waals surface area contributed by atoms with E-state index in [2.05, 4.69) is 160 Å². The van der Waals surface area contributed by atoms with Crippen molar-refractivity contribution in [3.63, 3.8) is 0 Å². The van der Waals surface area contributed by atoms with Gasteiger partial charge in [0, 0.05) is 12.8 Å². The number of rotatable bonds is 57. The fraction of sp³-hybridized carbons (Fsp3) is 0.625. The number of likely N-dealkylation sites (N-methyl/N-ethyl adjacent to an activating group) is 1. The first-order chi connectivity index (χ1) is 39.6. The van der Waals surface area contributed by atoms with E-state index in [0.717, 1.165) is 135 Å². The first kappa shape index (κ1) is 76.2. The Morgan fingerprint density at radius 3 is 0.988 bits per heavy atom. The fourth-order valence-electron chi connectivity index (χ4n) is 8.26. The Labute approximate surface area is 496 Å². The predicted octanol–water partition coefficient (Wildman–Crippen LogP) is 19.6. The number of hydrogen-bond donors (Lipinski definition) is 1. The first-order valence-corrected chi connectivity index (χ1v) is 32.0. The molecule has 458 valence electrons. The van der Waals surface area contributed by atoms with Crippen LogP contribution in [0.25, 0.3) is 0 Å². The lowest BCUT2D eigenvalue weighted by molar-refractivity contribution is -0.870. The van der Waals surface area contributed by atoms with Crippen molar-refractivity contribution in [2.24, 2.45) is 0 Å². The van der Waals surface area contributed by atoms with E-state index in [9.17, 15) is 19.5 Å². The Morgan fingerprint density at radius 1 is 0.370 bits per heavy atom. The Kier molecular flexibility index (Phi) is 57.6. The third-order valence-electron chi connectivity index (χ3n) is 13.1. The summed E-state index contributed by atoms with van der Waals surface area (Å²) in [6.45, 7) is 4.62. The number of quaternary nitrogens is 1. The quantitative estimate of drug-likeness (QED) is 0.0211. The van der Waals surface area contributed by atoms with Crippen LogP contribution in [0.3, 0.4) is 0 Å². The number of allylic oxidation sites excluding steroid dienone is 24. The number of aliphatic carboxylic acids is 1. The second kappa shape index (κ2) is 61.2.